The average molecular weight is 472 g/mol. The van der Waals surface area contributed by atoms with Crippen molar-refractivity contribution in [2.75, 3.05) is 37.6 Å². The number of carbonyl (C=O) groups is 1. The Morgan fingerprint density at radius 1 is 1.03 bits per heavy atom. The molecule has 3 heterocycles. The SMILES string of the molecule is Cn1c(N2CCC[C@H](C(=O)NCC3CCN(Cc4ccc(F)cc4)CC3)C2)cc(=O)n(C)c1=O. The van der Waals surface area contributed by atoms with E-state index in [1.54, 1.807) is 7.05 Å². The summed E-state index contributed by atoms with van der Waals surface area (Å²) in [6.07, 6.45) is 3.68. The van der Waals surface area contributed by atoms with Gasteiger partial charge < -0.3 is 10.2 Å². The van der Waals surface area contributed by atoms with Crippen LogP contribution in [0.15, 0.2) is 39.9 Å². The molecule has 184 valence electrons. The first-order valence-electron chi connectivity index (χ1n) is 12.1. The van der Waals surface area contributed by atoms with Crippen LogP contribution >= 0.6 is 0 Å². The van der Waals surface area contributed by atoms with Crippen LogP contribution in [0.1, 0.15) is 31.2 Å². The highest BCUT2D eigenvalue weighted by molar-refractivity contribution is 5.79. The fourth-order valence-corrected chi connectivity index (χ4v) is 5.01. The zero-order valence-corrected chi connectivity index (χ0v) is 20.0. The van der Waals surface area contributed by atoms with Gasteiger partial charge >= 0.3 is 5.69 Å². The van der Waals surface area contributed by atoms with Gasteiger partial charge in [0.25, 0.3) is 5.56 Å². The summed E-state index contributed by atoms with van der Waals surface area (Å²) in [7, 11) is 3.12. The molecular weight excluding hydrogens is 437 g/mol. The fourth-order valence-electron chi connectivity index (χ4n) is 5.01. The molecule has 4 rings (SSSR count). The number of nitrogens with one attached hydrogen (secondary N) is 1. The summed E-state index contributed by atoms with van der Waals surface area (Å²) < 4.78 is 15.7. The minimum atomic E-state index is -0.361. The molecule has 0 unspecified atom stereocenters. The third kappa shape index (κ3) is 5.58. The van der Waals surface area contributed by atoms with Crippen LogP contribution in [0.2, 0.25) is 0 Å². The predicted molar refractivity (Wildman–Crippen MR) is 129 cm³/mol. The maximum Gasteiger partial charge on any atom is 0.332 e. The van der Waals surface area contributed by atoms with Gasteiger partial charge in [-0.2, -0.15) is 0 Å². The van der Waals surface area contributed by atoms with Crippen LogP contribution in [0.3, 0.4) is 0 Å². The van der Waals surface area contributed by atoms with E-state index < -0.39 is 0 Å². The largest absolute Gasteiger partial charge is 0.357 e. The van der Waals surface area contributed by atoms with Gasteiger partial charge in [-0.05, 0) is 62.4 Å². The number of likely N-dealkylation sites (tertiary alicyclic amines) is 1. The smallest absolute Gasteiger partial charge is 0.332 e. The van der Waals surface area contributed by atoms with Crippen LogP contribution in [0, 0.1) is 17.7 Å². The molecule has 1 N–H and O–H groups in total. The van der Waals surface area contributed by atoms with Crippen LogP contribution < -0.4 is 21.5 Å². The maximum absolute atomic E-state index is 13.1. The number of hydrogen-bond acceptors (Lipinski definition) is 5. The topological polar surface area (TPSA) is 79.6 Å². The fraction of sp³-hybridized carbons (Fsp3) is 0.560. The van der Waals surface area contributed by atoms with Crippen LogP contribution in [-0.4, -0.2) is 52.7 Å². The van der Waals surface area contributed by atoms with E-state index in [9.17, 15) is 18.8 Å². The van der Waals surface area contributed by atoms with E-state index >= 15 is 0 Å². The first-order valence-corrected chi connectivity index (χ1v) is 12.1. The third-order valence-electron chi connectivity index (χ3n) is 7.21. The highest BCUT2D eigenvalue weighted by Gasteiger charge is 2.28. The number of piperidine rings is 2. The van der Waals surface area contributed by atoms with Crippen molar-refractivity contribution in [3.8, 4) is 0 Å². The lowest BCUT2D eigenvalue weighted by atomic mass is 9.94. The molecular formula is C25H34FN5O3. The van der Waals surface area contributed by atoms with Gasteiger partial charge in [-0.3, -0.25) is 23.6 Å². The summed E-state index contributed by atoms with van der Waals surface area (Å²) in [5, 5.41) is 3.15. The van der Waals surface area contributed by atoms with Crippen molar-refractivity contribution in [2.24, 2.45) is 25.9 Å². The Hall–Kier alpha value is -2.94. The van der Waals surface area contributed by atoms with Crippen molar-refractivity contribution < 1.29 is 9.18 Å². The van der Waals surface area contributed by atoms with Gasteiger partial charge in [-0.25, -0.2) is 9.18 Å². The molecule has 2 fully saturated rings. The minimum Gasteiger partial charge on any atom is -0.357 e. The van der Waals surface area contributed by atoms with Crippen LogP contribution in [0.4, 0.5) is 10.2 Å². The molecule has 0 aliphatic carbocycles. The third-order valence-corrected chi connectivity index (χ3v) is 7.21. The van der Waals surface area contributed by atoms with Gasteiger partial charge in [0, 0.05) is 46.3 Å². The number of rotatable bonds is 6. The molecule has 1 amide bonds. The molecule has 8 nitrogen and oxygen atoms in total. The second kappa shape index (κ2) is 10.5. The standard InChI is InChI=1S/C25H34FN5O3/c1-28-22(14-23(32)29(2)25(28)34)31-11-3-4-20(17-31)24(33)27-15-18-9-12-30(13-10-18)16-19-5-7-21(26)8-6-19/h5-8,14,18,20H,3-4,9-13,15-17H2,1-2H3,(H,27,33)/t20-/m0/s1. The highest BCUT2D eigenvalue weighted by atomic mass is 19.1. The lowest BCUT2D eigenvalue weighted by Gasteiger charge is -2.35. The van der Waals surface area contributed by atoms with E-state index in [-0.39, 0.29) is 28.9 Å². The van der Waals surface area contributed by atoms with Crippen LogP contribution in [0.25, 0.3) is 0 Å². The van der Waals surface area contributed by atoms with Gasteiger partial charge in [0.1, 0.15) is 11.6 Å². The van der Waals surface area contributed by atoms with Crippen LogP contribution in [0.5, 0.6) is 0 Å². The Morgan fingerprint density at radius 3 is 2.44 bits per heavy atom. The van der Waals surface area contributed by atoms with E-state index in [4.69, 9.17) is 0 Å². The molecule has 0 saturated carbocycles. The number of anilines is 1. The van der Waals surface area contributed by atoms with E-state index in [0.29, 0.717) is 24.8 Å². The number of hydrogen-bond donors (Lipinski definition) is 1. The van der Waals surface area contributed by atoms with Gasteiger partial charge in [-0.1, -0.05) is 12.1 Å². The molecule has 0 bridgehead atoms. The molecule has 2 aliphatic heterocycles. The van der Waals surface area contributed by atoms with Crippen LogP contribution in [-0.2, 0) is 25.4 Å². The highest BCUT2D eigenvalue weighted by Crippen LogP contribution is 2.23. The first kappa shape index (κ1) is 24.2. The Labute approximate surface area is 199 Å². The quantitative estimate of drug-likeness (QED) is 0.690. The van der Waals surface area contributed by atoms with E-state index in [0.717, 1.165) is 62.0 Å². The first-order chi connectivity index (χ1) is 16.3. The molecule has 0 spiro atoms. The number of amides is 1. The summed E-state index contributed by atoms with van der Waals surface area (Å²) in [5.41, 5.74) is 0.416. The second-order valence-corrected chi connectivity index (χ2v) is 9.62. The molecule has 2 saturated heterocycles. The van der Waals surface area contributed by atoms with Gasteiger partial charge in [-0.15, -0.1) is 0 Å². The summed E-state index contributed by atoms with van der Waals surface area (Å²) in [6.45, 7) is 4.64. The Bertz CT molecular complexity index is 1120. The van der Waals surface area contributed by atoms with Crippen molar-refractivity contribution in [2.45, 2.75) is 32.2 Å². The molecule has 2 aromatic rings. The average Bonchev–Trinajstić information content (AvgIpc) is 2.85. The zero-order valence-electron chi connectivity index (χ0n) is 20.0. The van der Waals surface area contributed by atoms with Gasteiger partial charge in [0.15, 0.2) is 0 Å². The summed E-state index contributed by atoms with van der Waals surface area (Å²) >= 11 is 0. The van der Waals surface area contributed by atoms with Crippen molar-refractivity contribution in [1.82, 2.24) is 19.4 Å². The van der Waals surface area contributed by atoms with Crippen molar-refractivity contribution >= 4 is 11.7 Å². The summed E-state index contributed by atoms with van der Waals surface area (Å²) in [5.74, 6) is 0.695. The van der Waals surface area contributed by atoms with Gasteiger partial charge in [0.2, 0.25) is 5.91 Å². The maximum atomic E-state index is 13.1. The lowest BCUT2D eigenvalue weighted by Crippen LogP contribution is -2.47. The van der Waals surface area contributed by atoms with E-state index in [1.807, 2.05) is 17.0 Å². The second-order valence-electron chi connectivity index (χ2n) is 9.62. The molecule has 0 radical (unpaired) electrons. The van der Waals surface area contributed by atoms with E-state index in [2.05, 4.69) is 10.2 Å². The number of halogens is 1. The minimum absolute atomic E-state index is 0.0484. The monoisotopic (exact) mass is 471 g/mol. The van der Waals surface area contributed by atoms with Crippen molar-refractivity contribution in [1.29, 1.82) is 0 Å². The Morgan fingerprint density at radius 2 is 1.74 bits per heavy atom. The summed E-state index contributed by atoms with van der Waals surface area (Å²) in [6, 6.07) is 8.14. The Kier molecular flexibility index (Phi) is 7.50. The van der Waals surface area contributed by atoms with Crippen molar-refractivity contribution in [3.63, 3.8) is 0 Å². The zero-order chi connectivity index (χ0) is 24.2. The van der Waals surface area contributed by atoms with Crippen molar-refractivity contribution in [3.05, 3.63) is 62.6 Å². The number of carbonyl (C=O) groups excluding carboxylic acids is 1. The number of benzene rings is 1. The number of aromatic nitrogens is 2. The molecule has 1 aromatic heterocycles. The normalized spacial score (nSPS) is 19.9. The Balaban J connectivity index is 1.26. The molecule has 9 heteroatoms. The number of nitrogens with zero attached hydrogens (tertiary/aromatic N) is 4. The molecule has 1 atom stereocenters. The van der Waals surface area contributed by atoms with Gasteiger partial charge in [0.05, 0.1) is 5.92 Å². The summed E-state index contributed by atoms with van der Waals surface area (Å²) in [4.78, 5) is 41.7. The molecule has 34 heavy (non-hydrogen) atoms. The van der Waals surface area contributed by atoms with E-state index in [1.165, 1.54) is 29.8 Å². The molecule has 2 aliphatic rings. The molecule has 1 aromatic carbocycles. The lowest BCUT2D eigenvalue weighted by molar-refractivity contribution is -0.125. The predicted octanol–water partition coefficient (Wildman–Crippen LogP) is 1.47.